The predicted octanol–water partition coefficient (Wildman–Crippen LogP) is 2.90. The second-order valence-corrected chi connectivity index (χ2v) is 5.80. The Hall–Kier alpha value is -3.09. The summed E-state index contributed by atoms with van der Waals surface area (Å²) >= 11 is 0. The van der Waals surface area contributed by atoms with E-state index in [9.17, 15) is 9.90 Å². The van der Waals surface area contributed by atoms with Crippen molar-refractivity contribution in [2.24, 2.45) is 0 Å². The molecule has 1 heterocycles. The topological polar surface area (TPSA) is 77.5 Å². The maximum atomic E-state index is 12.3. The van der Waals surface area contributed by atoms with E-state index in [1.54, 1.807) is 29.2 Å². The highest BCUT2D eigenvalue weighted by atomic mass is 16.5. The van der Waals surface area contributed by atoms with Crippen LogP contribution in [0.2, 0.25) is 0 Å². The molecule has 0 radical (unpaired) electrons. The van der Waals surface area contributed by atoms with Crippen LogP contribution in [-0.4, -0.2) is 39.5 Å². The van der Waals surface area contributed by atoms with Crippen molar-refractivity contribution >= 4 is 11.6 Å². The van der Waals surface area contributed by atoms with Crippen molar-refractivity contribution in [1.29, 1.82) is 0 Å². The summed E-state index contributed by atoms with van der Waals surface area (Å²) in [7, 11) is 6.07. The predicted molar refractivity (Wildman–Crippen MR) is 95.6 cm³/mol. The Morgan fingerprint density at radius 2 is 1.54 bits per heavy atom. The van der Waals surface area contributed by atoms with Crippen molar-refractivity contribution in [2.45, 2.75) is 12.5 Å². The molecule has 0 spiro atoms. The zero-order valence-electron chi connectivity index (χ0n) is 15.1. The Balaban J connectivity index is 2.00. The first-order valence-corrected chi connectivity index (χ1v) is 8.03. The smallest absolute Gasteiger partial charge is 0.230 e. The number of hydrogen-bond acceptors (Lipinski definition) is 6. The minimum atomic E-state index is -0.192. The van der Waals surface area contributed by atoms with Gasteiger partial charge in [-0.1, -0.05) is 6.07 Å². The van der Waals surface area contributed by atoms with Crippen LogP contribution in [0.3, 0.4) is 0 Å². The van der Waals surface area contributed by atoms with E-state index in [-0.39, 0.29) is 17.7 Å². The van der Waals surface area contributed by atoms with Gasteiger partial charge in [0.05, 0.1) is 46.6 Å². The number of methoxy groups -OCH3 is 4. The molecule has 1 aliphatic heterocycles. The quantitative estimate of drug-likeness (QED) is 0.799. The lowest BCUT2D eigenvalue weighted by molar-refractivity contribution is -0.124. The SMILES string of the molecule is COc1ccc(C2CC(=O)N2c2cc(OC)c(OC)c(OC)c2)cc1O. The molecule has 7 heteroatoms. The standard InChI is InChI=1S/C19H21NO6/c1-23-15-6-5-11(7-14(15)21)13-10-18(22)20(13)12-8-16(24-2)19(26-4)17(9-12)25-3/h5-9,13,21H,10H2,1-4H3. The molecule has 0 saturated carbocycles. The monoisotopic (exact) mass is 359 g/mol. The average molecular weight is 359 g/mol. The van der Waals surface area contributed by atoms with Crippen LogP contribution >= 0.6 is 0 Å². The summed E-state index contributed by atoms with van der Waals surface area (Å²) in [5.74, 6) is 1.80. The Kier molecular flexibility index (Phi) is 4.79. The molecule has 7 nitrogen and oxygen atoms in total. The van der Waals surface area contributed by atoms with Crippen LogP contribution in [0.15, 0.2) is 30.3 Å². The molecule has 1 unspecified atom stereocenters. The van der Waals surface area contributed by atoms with Gasteiger partial charge < -0.3 is 29.0 Å². The van der Waals surface area contributed by atoms with Gasteiger partial charge in [0, 0.05) is 12.1 Å². The van der Waals surface area contributed by atoms with Crippen molar-refractivity contribution in [3.8, 4) is 28.7 Å². The zero-order valence-corrected chi connectivity index (χ0v) is 15.1. The molecule has 1 fully saturated rings. The molecular weight excluding hydrogens is 338 g/mol. The number of rotatable bonds is 6. The van der Waals surface area contributed by atoms with Crippen LogP contribution in [0.1, 0.15) is 18.0 Å². The molecule has 0 aliphatic carbocycles. The van der Waals surface area contributed by atoms with E-state index in [0.29, 0.717) is 35.1 Å². The molecule has 1 atom stereocenters. The number of benzene rings is 2. The number of amides is 1. The lowest BCUT2D eigenvalue weighted by Crippen LogP contribution is -2.46. The summed E-state index contributed by atoms with van der Waals surface area (Å²) in [6.45, 7) is 0. The van der Waals surface area contributed by atoms with Crippen LogP contribution in [0.5, 0.6) is 28.7 Å². The maximum absolute atomic E-state index is 12.3. The lowest BCUT2D eigenvalue weighted by atomic mass is 9.92. The first kappa shape index (κ1) is 17.7. The van der Waals surface area contributed by atoms with Gasteiger partial charge >= 0.3 is 0 Å². The third kappa shape index (κ3) is 2.85. The van der Waals surface area contributed by atoms with Gasteiger partial charge in [0.25, 0.3) is 0 Å². The van der Waals surface area contributed by atoms with Crippen LogP contribution in [-0.2, 0) is 4.79 Å². The van der Waals surface area contributed by atoms with Crippen LogP contribution in [0.4, 0.5) is 5.69 Å². The van der Waals surface area contributed by atoms with E-state index < -0.39 is 0 Å². The van der Waals surface area contributed by atoms with Crippen molar-refractivity contribution < 1.29 is 28.8 Å². The third-order valence-corrected chi connectivity index (χ3v) is 4.46. The lowest BCUT2D eigenvalue weighted by Gasteiger charge is -2.41. The molecule has 1 saturated heterocycles. The van der Waals surface area contributed by atoms with E-state index in [4.69, 9.17) is 18.9 Å². The highest BCUT2D eigenvalue weighted by Crippen LogP contribution is 2.46. The highest BCUT2D eigenvalue weighted by molar-refractivity contribution is 6.01. The van der Waals surface area contributed by atoms with Gasteiger partial charge in [-0.25, -0.2) is 0 Å². The van der Waals surface area contributed by atoms with E-state index in [1.807, 2.05) is 6.07 Å². The summed E-state index contributed by atoms with van der Waals surface area (Å²) in [4.78, 5) is 13.9. The fourth-order valence-electron chi connectivity index (χ4n) is 3.13. The molecule has 2 aromatic rings. The van der Waals surface area contributed by atoms with Gasteiger partial charge in [-0.15, -0.1) is 0 Å². The average Bonchev–Trinajstić information content (AvgIpc) is 2.64. The number of phenolic OH excluding ortho intramolecular Hbond substituents is 1. The Labute approximate surface area is 151 Å². The minimum absolute atomic E-state index is 0.0282. The molecule has 1 N–H and O–H groups in total. The van der Waals surface area contributed by atoms with Gasteiger partial charge in [-0.05, 0) is 17.7 Å². The number of hydrogen-bond donors (Lipinski definition) is 1. The van der Waals surface area contributed by atoms with Gasteiger partial charge in [-0.2, -0.15) is 0 Å². The third-order valence-electron chi connectivity index (χ3n) is 4.46. The minimum Gasteiger partial charge on any atom is -0.504 e. The number of nitrogens with zero attached hydrogens (tertiary/aromatic N) is 1. The van der Waals surface area contributed by atoms with Crippen molar-refractivity contribution in [2.75, 3.05) is 33.3 Å². The molecule has 1 aliphatic rings. The van der Waals surface area contributed by atoms with E-state index in [1.165, 1.54) is 28.4 Å². The van der Waals surface area contributed by atoms with Crippen molar-refractivity contribution in [3.05, 3.63) is 35.9 Å². The van der Waals surface area contributed by atoms with Crippen molar-refractivity contribution in [3.63, 3.8) is 0 Å². The number of carbonyl (C=O) groups is 1. The fourth-order valence-corrected chi connectivity index (χ4v) is 3.13. The maximum Gasteiger partial charge on any atom is 0.230 e. The van der Waals surface area contributed by atoms with Crippen molar-refractivity contribution in [1.82, 2.24) is 0 Å². The first-order valence-electron chi connectivity index (χ1n) is 8.03. The van der Waals surface area contributed by atoms with E-state index >= 15 is 0 Å². The summed E-state index contributed by atoms with van der Waals surface area (Å²) in [6.07, 6.45) is 0.350. The normalized spacial score (nSPS) is 16.1. The molecule has 0 bridgehead atoms. The molecule has 3 rings (SSSR count). The molecule has 2 aromatic carbocycles. The molecular formula is C19H21NO6. The van der Waals surface area contributed by atoms with Gasteiger partial charge in [0.2, 0.25) is 11.7 Å². The summed E-state index contributed by atoms with van der Waals surface area (Å²) in [6, 6.07) is 8.40. The van der Waals surface area contributed by atoms with Crippen LogP contribution in [0, 0.1) is 0 Å². The number of carbonyl (C=O) groups excluding carboxylic acids is 1. The van der Waals surface area contributed by atoms with Gasteiger partial charge in [0.1, 0.15) is 0 Å². The second-order valence-electron chi connectivity index (χ2n) is 5.80. The summed E-state index contributed by atoms with van der Waals surface area (Å²) in [5, 5.41) is 10.0. The number of anilines is 1. The number of aromatic hydroxyl groups is 1. The molecule has 1 amide bonds. The Morgan fingerprint density at radius 1 is 0.923 bits per heavy atom. The number of ether oxygens (including phenoxy) is 4. The Morgan fingerprint density at radius 3 is 2.00 bits per heavy atom. The molecule has 0 aromatic heterocycles. The number of phenols is 1. The largest absolute Gasteiger partial charge is 0.504 e. The molecule has 26 heavy (non-hydrogen) atoms. The summed E-state index contributed by atoms with van der Waals surface area (Å²) in [5.41, 5.74) is 1.45. The van der Waals surface area contributed by atoms with E-state index in [2.05, 4.69) is 0 Å². The fraction of sp³-hybridized carbons (Fsp3) is 0.316. The highest BCUT2D eigenvalue weighted by Gasteiger charge is 2.39. The van der Waals surface area contributed by atoms with Crippen LogP contribution < -0.4 is 23.8 Å². The van der Waals surface area contributed by atoms with E-state index in [0.717, 1.165) is 5.56 Å². The zero-order chi connectivity index (χ0) is 18.8. The Bertz CT molecular complexity index is 810. The first-order chi connectivity index (χ1) is 12.5. The van der Waals surface area contributed by atoms with Gasteiger partial charge in [-0.3, -0.25) is 4.79 Å². The van der Waals surface area contributed by atoms with Gasteiger partial charge in [0.15, 0.2) is 23.0 Å². The molecule has 138 valence electrons. The van der Waals surface area contributed by atoms with Crippen LogP contribution in [0.25, 0.3) is 0 Å². The number of β-lactam (4-membered cyclic amide) rings is 1. The summed E-state index contributed by atoms with van der Waals surface area (Å²) < 4.78 is 21.1. The second kappa shape index (κ2) is 7.03.